The lowest BCUT2D eigenvalue weighted by Crippen LogP contribution is -2.16. The minimum atomic E-state index is -0.510. The second-order valence-corrected chi connectivity index (χ2v) is 7.31. The number of nitro groups is 1. The summed E-state index contributed by atoms with van der Waals surface area (Å²) in [6.07, 6.45) is 0. The van der Waals surface area contributed by atoms with E-state index in [-0.39, 0.29) is 21.3 Å². The molecule has 0 radical (unpaired) electrons. The fourth-order valence-electron chi connectivity index (χ4n) is 2.77. The van der Waals surface area contributed by atoms with Gasteiger partial charge in [-0.2, -0.15) is 10.1 Å². The summed E-state index contributed by atoms with van der Waals surface area (Å²) in [5.41, 5.74) is 1.20. The molecule has 0 unspecified atom stereocenters. The minimum Gasteiger partial charge on any atom is -0.286 e. The first kappa shape index (κ1) is 20.0. The third-order valence-corrected chi connectivity index (χ3v) is 5.22. The Balaban J connectivity index is 1.82. The molecule has 9 heteroatoms. The number of ketones is 1. The molecule has 4 aromatic rings. The maximum absolute atomic E-state index is 12.9. The number of aromatic nitrogens is 2. The number of carbonyl (C=O) groups excluding carboxylic acids is 2. The second-order valence-electron chi connectivity index (χ2n) is 6.35. The topological polar surface area (TPSA) is 107 Å². The standard InChI is InChI=1S/C22H14N4O4S/c27-19(15-7-3-1-4-8-15)21-24-25(17-11-13-18(14-12-17)26(29)30)22(31-21)23-20(28)16-9-5-2-6-10-16/h1-14H. The lowest BCUT2D eigenvalue weighted by atomic mass is 10.1. The molecule has 0 aliphatic rings. The van der Waals surface area contributed by atoms with Gasteiger partial charge in [0.25, 0.3) is 11.6 Å². The molecule has 31 heavy (non-hydrogen) atoms. The highest BCUT2D eigenvalue weighted by Crippen LogP contribution is 2.16. The van der Waals surface area contributed by atoms with Gasteiger partial charge >= 0.3 is 0 Å². The van der Waals surface area contributed by atoms with Crippen LogP contribution in [0.15, 0.2) is 89.9 Å². The summed E-state index contributed by atoms with van der Waals surface area (Å²) >= 11 is 0.972. The molecular formula is C22H14N4O4S. The van der Waals surface area contributed by atoms with Gasteiger partial charge in [-0.25, -0.2) is 4.68 Å². The van der Waals surface area contributed by atoms with E-state index in [2.05, 4.69) is 10.1 Å². The van der Waals surface area contributed by atoms with E-state index in [1.807, 2.05) is 0 Å². The molecule has 152 valence electrons. The Morgan fingerprint density at radius 3 is 2.03 bits per heavy atom. The van der Waals surface area contributed by atoms with E-state index in [1.165, 1.54) is 28.9 Å². The van der Waals surface area contributed by atoms with E-state index >= 15 is 0 Å². The molecule has 0 aliphatic heterocycles. The number of rotatable bonds is 5. The van der Waals surface area contributed by atoms with Crippen molar-refractivity contribution in [2.75, 3.05) is 0 Å². The molecule has 0 bridgehead atoms. The van der Waals surface area contributed by atoms with Crippen LogP contribution >= 0.6 is 11.3 Å². The highest BCUT2D eigenvalue weighted by molar-refractivity contribution is 7.11. The van der Waals surface area contributed by atoms with Crippen molar-refractivity contribution < 1.29 is 14.5 Å². The van der Waals surface area contributed by atoms with Crippen LogP contribution in [0.1, 0.15) is 25.7 Å². The summed E-state index contributed by atoms with van der Waals surface area (Å²) in [5, 5.41) is 15.4. The number of hydrogen-bond acceptors (Lipinski definition) is 6. The lowest BCUT2D eigenvalue weighted by Gasteiger charge is -2.01. The smallest absolute Gasteiger partial charge is 0.279 e. The quantitative estimate of drug-likeness (QED) is 0.272. The molecule has 3 aromatic carbocycles. The molecule has 1 aromatic heterocycles. The van der Waals surface area contributed by atoms with Crippen molar-refractivity contribution in [3.63, 3.8) is 0 Å². The Labute approximate surface area is 179 Å². The van der Waals surface area contributed by atoms with Crippen LogP contribution in [-0.2, 0) is 0 Å². The maximum atomic E-state index is 12.9. The average Bonchev–Trinajstić information content (AvgIpc) is 3.23. The lowest BCUT2D eigenvalue weighted by molar-refractivity contribution is -0.384. The molecule has 0 aliphatic carbocycles. The first-order valence-corrected chi connectivity index (χ1v) is 9.93. The molecule has 0 saturated carbocycles. The van der Waals surface area contributed by atoms with Crippen LogP contribution in [0.2, 0.25) is 0 Å². The largest absolute Gasteiger partial charge is 0.286 e. The van der Waals surface area contributed by atoms with Crippen LogP contribution < -0.4 is 4.80 Å². The van der Waals surface area contributed by atoms with Crippen LogP contribution in [-0.4, -0.2) is 26.4 Å². The zero-order chi connectivity index (χ0) is 21.8. The monoisotopic (exact) mass is 430 g/mol. The Morgan fingerprint density at radius 1 is 0.871 bits per heavy atom. The zero-order valence-corrected chi connectivity index (χ0v) is 16.7. The van der Waals surface area contributed by atoms with Gasteiger partial charge in [-0.15, -0.1) is 0 Å². The molecule has 0 N–H and O–H groups in total. The molecule has 1 amide bonds. The van der Waals surface area contributed by atoms with Crippen molar-refractivity contribution in [1.82, 2.24) is 9.78 Å². The number of non-ortho nitro benzene ring substituents is 1. The number of nitro benzene ring substituents is 1. The Morgan fingerprint density at radius 2 is 1.45 bits per heavy atom. The number of nitrogens with zero attached hydrogens (tertiary/aromatic N) is 4. The molecule has 0 atom stereocenters. The van der Waals surface area contributed by atoms with E-state index in [0.717, 1.165) is 11.3 Å². The number of benzene rings is 3. The van der Waals surface area contributed by atoms with Crippen LogP contribution in [0, 0.1) is 10.1 Å². The molecule has 4 rings (SSSR count). The molecule has 8 nitrogen and oxygen atoms in total. The molecule has 1 heterocycles. The van der Waals surface area contributed by atoms with Gasteiger partial charge in [-0.05, 0) is 24.3 Å². The minimum absolute atomic E-state index is 0.0842. The van der Waals surface area contributed by atoms with E-state index in [0.29, 0.717) is 16.8 Å². The van der Waals surface area contributed by atoms with E-state index in [9.17, 15) is 19.7 Å². The van der Waals surface area contributed by atoms with Crippen LogP contribution in [0.5, 0.6) is 0 Å². The van der Waals surface area contributed by atoms with Gasteiger partial charge in [0.15, 0.2) is 5.01 Å². The summed E-state index contributed by atoms with van der Waals surface area (Å²) in [6, 6.07) is 22.8. The SMILES string of the molecule is O=C(N=c1sc(C(=O)c2ccccc2)nn1-c1ccc([N+](=O)[O-])cc1)c1ccccc1. The molecule has 0 spiro atoms. The Hall–Kier alpha value is -4.24. The van der Waals surface area contributed by atoms with Crippen LogP contribution in [0.3, 0.4) is 0 Å². The maximum Gasteiger partial charge on any atom is 0.279 e. The third-order valence-electron chi connectivity index (χ3n) is 4.31. The van der Waals surface area contributed by atoms with Gasteiger partial charge in [0.05, 0.1) is 10.6 Å². The molecule has 0 fully saturated rings. The Kier molecular flexibility index (Phi) is 5.59. The summed E-state index contributed by atoms with van der Waals surface area (Å²) < 4.78 is 1.34. The first-order chi connectivity index (χ1) is 15.0. The van der Waals surface area contributed by atoms with Crippen molar-refractivity contribution in [2.45, 2.75) is 0 Å². The predicted molar refractivity (Wildman–Crippen MR) is 114 cm³/mol. The van der Waals surface area contributed by atoms with Gasteiger partial charge < -0.3 is 0 Å². The third kappa shape index (κ3) is 4.36. The van der Waals surface area contributed by atoms with Crippen molar-refractivity contribution >= 4 is 28.7 Å². The van der Waals surface area contributed by atoms with E-state index < -0.39 is 10.8 Å². The number of amides is 1. The highest BCUT2D eigenvalue weighted by atomic mass is 32.1. The zero-order valence-electron chi connectivity index (χ0n) is 15.9. The van der Waals surface area contributed by atoms with E-state index in [4.69, 9.17) is 0 Å². The fourth-order valence-corrected chi connectivity index (χ4v) is 3.64. The van der Waals surface area contributed by atoms with Crippen LogP contribution in [0.4, 0.5) is 5.69 Å². The van der Waals surface area contributed by atoms with Crippen LogP contribution in [0.25, 0.3) is 5.69 Å². The highest BCUT2D eigenvalue weighted by Gasteiger charge is 2.17. The number of hydrogen-bond donors (Lipinski definition) is 0. The molecule has 0 saturated heterocycles. The summed E-state index contributed by atoms with van der Waals surface area (Å²) in [7, 11) is 0. The predicted octanol–water partition coefficient (Wildman–Crippen LogP) is 3.81. The van der Waals surface area contributed by atoms with Gasteiger partial charge in [-0.1, -0.05) is 59.9 Å². The van der Waals surface area contributed by atoms with E-state index in [1.54, 1.807) is 60.7 Å². The van der Waals surface area contributed by atoms with Gasteiger partial charge in [-0.3, -0.25) is 19.7 Å². The van der Waals surface area contributed by atoms with Crippen molar-refractivity contribution in [1.29, 1.82) is 0 Å². The second kappa shape index (κ2) is 8.64. The van der Waals surface area contributed by atoms with Gasteiger partial charge in [0, 0.05) is 23.3 Å². The first-order valence-electron chi connectivity index (χ1n) is 9.12. The van der Waals surface area contributed by atoms with Crippen molar-refractivity contribution in [3.05, 3.63) is 116 Å². The fraction of sp³-hybridized carbons (Fsp3) is 0. The summed E-state index contributed by atoms with van der Waals surface area (Å²) in [4.78, 5) is 40.2. The summed E-state index contributed by atoms with van der Waals surface area (Å²) in [6.45, 7) is 0. The Bertz CT molecular complexity index is 1330. The average molecular weight is 430 g/mol. The normalized spacial score (nSPS) is 11.3. The van der Waals surface area contributed by atoms with Gasteiger partial charge in [0.1, 0.15) is 0 Å². The summed E-state index contributed by atoms with van der Waals surface area (Å²) in [5.74, 6) is -0.798. The van der Waals surface area contributed by atoms with Crippen molar-refractivity contribution in [3.8, 4) is 5.69 Å². The molecular weight excluding hydrogens is 416 g/mol. The van der Waals surface area contributed by atoms with Gasteiger partial charge in [0.2, 0.25) is 10.6 Å². The van der Waals surface area contributed by atoms with Crippen molar-refractivity contribution in [2.24, 2.45) is 4.99 Å². The number of carbonyl (C=O) groups is 2.